The van der Waals surface area contributed by atoms with Gasteiger partial charge >= 0.3 is 0 Å². The van der Waals surface area contributed by atoms with Gasteiger partial charge in [-0.3, -0.25) is 0 Å². The van der Waals surface area contributed by atoms with Crippen molar-refractivity contribution >= 4 is 34.7 Å². The highest BCUT2D eigenvalue weighted by atomic mass is 35.5. The number of nitrogens with one attached hydrogen (secondary N) is 1. The van der Waals surface area contributed by atoms with E-state index in [0.29, 0.717) is 33.1 Å². The van der Waals surface area contributed by atoms with E-state index in [1.54, 1.807) is 18.2 Å². The van der Waals surface area contributed by atoms with Gasteiger partial charge in [0, 0.05) is 11.5 Å². The summed E-state index contributed by atoms with van der Waals surface area (Å²) in [5.41, 5.74) is 1.93. The molecule has 0 unspecified atom stereocenters. The minimum Gasteiger partial charge on any atom is -0.339 e. The highest BCUT2D eigenvalue weighted by Gasteiger charge is 2.13. The maximum Gasteiger partial charge on any atom is 0.138 e. The summed E-state index contributed by atoms with van der Waals surface area (Å²) in [7, 11) is 0. The molecular weight excluding hydrogens is 307 g/mol. The van der Waals surface area contributed by atoms with Crippen molar-refractivity contribution in [3.05, 3.63) is 45.3 Å². The third-order valence-corrected chi connectivity index (χ3v) is 3.65. The number of aromatic nitrogens is 2. The molecule has 0 radical (unpaired) electrons. The fourth-order valence-corrected chi connectivity index (χ4v) is 2.10. The second-order valence-corrected chi connectivity index (χ2v) is 5.70. The number of hydrogen-bond acceptors (Lipinski definition) is 4. The highest BCUT2D eigenvalue weighted by molar-refractivity contribution is 6.33. The third kappa shape index (κ3) is 3.44. The van der Waals surface area contributed by atoms with Gasteiger partial charge < -0.3 is 5.32 Å². The van der Waals surface area contributed by atoms with Crippen LogP contribution in [0.2, 0.25) is 10.2 Å². The van der Waals surface area contributed by atoms with E-state index in [9.17, 15) is 0 Å². The molecule has 0 saturated heterocycles. The minimum atomic E-state index is 0.167. The largest absolute Gasteiger partial charge is 0.339 e. The van der Waals surface area contributed by atoms with Crippen molar-refractivity contribution in [1.29, 1.82) is 5.26 Å². The van der Waals surface area contributed by atoms with E-state index in [1.807, 2.05) is 26.8 Å². The summed E-state index contributed by atoms with van der Waals surface area (Å²) in [5.74, 6) is 1.45. The number of halogens is 2. The van der Waals surface area contributed by atoms with Gasteiger partial charge in [-0.25, -0.2) is 9.97 Å². The Labute approximate surface area is 133 Å². The second-order valence-electron chi connectivity index (χ2n) is 4.93. The molecule has 6 heteroatoms. The molecule has 0 spiro atoms. The van der Waals surface area contributed by atoms with Crippen LogP contribution in [0.5, 0.6) is 0 Å². The van der Waals surface area contributed by atoms with E-state index in [4.69, 9.17) is 28.5 Å². The Morgan fingerprint density at radius 1 is 1.24 bits per heavy atom. The molecule has 4 nitrogen and oxygen atoms in total. The molecule has 2 rings (SSSR count). The van der Waals surface area contributed by atoms with Gasteiger partial charge in [0.1, 0.15) is 16.8 Å². The van der Waals surface area contributed by atoms with Crippen LogP contribution in [0.4, 0.5) is 11.5 Å². The zero-order chi connectivity index (χ0) is 15.6. The van der Waals surface area contributed by atoms with E-state index < -0.39 is 0 Å². The third-order valence-electron chi connectivity index (χ3n) is 2.97. The van der Waals surface area contributed by atoms with Crippen LogP contribution in [0.15, 0.2) is 18.2 Å². The minimum absolute atomic E-state index is 0.167. The van der Waals surface area contributed by atoms with Gasteiger partial charge in [-0.05, 0) is 25.1 Å². The van der Waals surface area contributed by atoms with Crippen molar-refractivity contribution < 1.29 is 0 Å². The van der Waals surface area contributed by atoms with Crippen molar-refractivity contribution in [2.75, 3.05) is 5.32 Å². The molecule has 0 aliphatic heterocycles. The lowest BCUT2D eigenvalue weighted by Crippen LogP contribution is -2.05. The molecule has 1 heterocycles. The first-order chi connectivity index (χ1) is 9.92. The summed E-state index contributed by atoms with van der Waals surface area (Å²) in [5, 5.41) is 12.9. The van der Waals surface area contributed by atoms with E-state index in [-0.39, 0.29) is 5.92 Å². The molecule has 21 heavy (non-hydrogen) atoms. The summed E-state index contributed by atoms with van der Waals surface area (Å²) < 4.78 is 0. The van der Waals surface area contributed by atoms with Gasteiger partial charge in [-0.2, -0.15) is 5.26 Å². The molecule has 0 bridgehead atoms. The lowest BCUT2D eigenvalue weighted by Gasteiger charge is -2.14. The van der Waals surface area contributed by atoms with Crippen molar-refractivity contribution in [2.24, 2.45) is 0 Å². The fraction of sp³-hybridized carbons (Fsp3) is 0.267. The monoisotopic (exact) mass is 320 g/mol. The van der Waals surface area contributed by atoms with Gasteiger partial charge in [0.2, 0.25) is 0 Å². The molecular formula is C15H14Cl2N4. The van der Waals surface area contributed by atoms with Crippen LogP contribution in [0, 0.1) is 18.3 Å². The average Bonchev–Trinajstić information content (AvgIpc) is 2.45. The Morgan fingerprint density at radius 2 is 1.95 bits per heavy atom. The lowest BCUT2D eigenvalue weighted by molar-refractivity contribution is 0.773. The average molecular weight is 321 g/mol. The van der Waals surface area contributed by atoms with Gasteiger partial charge in [0.25, 0.3) is 0 Å². The number of rotatable bonds is 3. The normalized spacial score (nSPS) is 10.5. The molecule has 0 atom stereocenters. The predicted octanol–water partition coefficient (Wildman–Crippen LogP) is 4.83. The van der Waals surface area contributed by atoms with Crippen LogP contribution in [0.3, 0.4) is 0 Å². The van der Waals surface area contributed by atoms with Crippen molar-refractivity contribution in [1.82, 2.24) is 9.97 Å². The second kappa shape index (κ2) is 6.30. The Bertz CT molecular complexity index is 720. The first-order valence-corrected chi connectivity index (χ1v) is 7.18. The maximum atomic E-state index is 8.85. The Morgan fingerprint density at radius 3 is 2.52 bits per heavy atom. The zero-order valence-electron chi connectivity index (χ0n) is 11.9. The van der Waals surface area contributed by atoms with E-state index in [2.05, 4.69) is 15.3 Å². The van der Waals surface area contributed by atoms with Gasteiger partial charge in [-0.1, -0.05) is 37.0 Å². The molecule has 108 valence electrons. The predicted molar refractivity (Wildman–Crippen MR) is 85.3 cm³/mol. The molecule has 0 aliphatic rings. The summed E-state index contributed by atoms with van der Waals surface area (Å²) in [4.78, 5) is 8.74. The number of benzene rings is 1. The van der Waals surface area contributed by atoms with Crippen LogP contribution in [-0.2, 0) is 0 Å². The Balaban J connectivity index is 2.42. The SMILES string of the molecule is Cc1c(Cl)nc(C(C)C)nc1Nc1ccc(C#N)cc1Cl. The molecule has 0 saturated carbocycles. The first-order valence-electron chi connectivity index (χ1n) is 6.43. The smallest absolute Gasteiger partial charge is 0.138 e. The van der Waals surface area contributed by atoms with Crippen LogP contribution in [0.25, 0.3) is 0 Å². The highest BCUT2D eigenvalue weighted by Crippen LogP contribution is 2.29. The topological polar surface area (TPSA) is 61.6 Å². The van der Waals surface area contributed by atoms with E-state index >= 15 is 0 Å². The molecule has 2 aromatic rings. The summed E-state index contributed by atoms with van der Waals surface area (Å²) >= 11 is 12.3. The van der Waals surface area contributed by atoms with Gasteiger partial charge in [0.05, 0.1) is 22.3 Å². The molecule has 0 aliphatic carbocycles. The number of hydrogen-bond donors (Lipinski definition) is 1. The Kier molecular flexibility index (Phi) is 4.66. The summed E-state index contributed by atoms with van der Waals surface area (Å²) in [6.07, 6.45) is 0. The fourth-order valence-electron chi connectivity index (χ4n) is 1.70. The number of nitriles is 1. The zero-order valence-corrected chi connectivity index (χ0v) is 13.4. The molecule has 1 N–H and O–H groups in total. The summed E-state index contributed by atoms with van der Waals surface area (Å²) in [6, 6.07) is 7.08. The van der Waals surface area contributed by atoms with Crippen molar-refractivity contribution in [3.8, 4) is 6.07 Å². The number of anilines is 2. The van der Waals surface area contributed by atoms with E-state index in [1.165, 1.54) is 0 Å². The van der Waals surface area contributed by atoms with Gasteiger partial charge in [0.15, 0.2) is 0 Å². The van der Waals surface area contributed by atoms with Crippen LogP contribution < -0.4 is 5.32 Å². The lowest BCUT2D eigenvalue weighted by atomic mass is 10.2. The van der Waals surface area contributed by atoms with Crippen LogP contribution >= 0.6 is 23.2 Å². The molecule has 1 aromatic carbocycles. The number of nitrogens with zero attached hydrogens (tertiary/aromatic N) is 3. The van der Waals surface area contributed by atoms with E-state index in [0.717, 1.165) is 5.56 Å². The van der Waals surface area contributed by atoms with Crippen LogP contribution in [-0.4, -0.2) is 9.97 Å². The van der Waals surface area contributed by atoms with Gasteiger partial charge in [-0.15, -0.1) is 0 Å². The van der Waals surface area contributed by atoms with Crippen molar-refractivity contribution in [3.63, 3.8) is 0 Å². The molecule has 0 amide bonds. The van der Waals surface area contributed by atoms with Crippen molar-refractivity contribution in [2.45, 2.75) is 26.7 Å². The van der Waals surface area contributed by atoms with Crippen LogP contribution in [0.1, 0.15) is 36.7 Å². The summed E-state index contributed by atoms with van der Waals surface area (Å²) in [6.45, 7) is 5.84. The first kappa shape index (κ1) is 15.6. The maximum absolute atomic E-state index is 8.85. The quantitative estimate of drug-likeness (QED) is 0.823. The standard InChI is InChI=1S/C15H14Cl2N4/c1-8(2)14-20-13(17)9(3)15(21-14)19-12-5-4-10(7-18)6-11(12)16/h4-6,8H,1-3H3,(H,19,20,21). The molecule has 1 aromatic heterocycles. The Hall–Kier alpha value is -1.83. The molecule has 0 fully saturated rings.